The van der Waals surface area contributed by atoms with Gasteiger partial charge in [-0.15, -0.1) is 0 Å². The lowest BCUT2D eigenvalue weighted by Gasteiger charge is -2.18. The molecule has 0 aromatic carbocycles. The van der Waals surface area contributed by atoms with Gasteiger partial charge in [0.1, 0.15) is 13.2 Å². The topological polar surface area (TPSA) is 78.9 Å². The molecule has 59 heavy (non-hydrogen) atoms. The van der Waals surface area contributed by atoms with E-state index in [9.17, 15) is 14.4 Å². The van der Waals surface area contributed by atoms with Crippen LogP contribution in [0.2, 0.25) is 0 Å². The molecule has 1 unspecified atom stereocenters. The van der Waals surface area contributed by atoms with Crippen LogP contribution in [-0.4, -0.2) is 37.2 Å². The lowest BCUT2D eigenvalue weighted by molar-refractivity contribution is -0.167. The van der Waals surface area contributed by atoms with Crippen molar-refractivity contribution in [3.63, 3.8) is 0 Å². The quantitative estimate of drug-likeness (QED) is 0.0263. The van der Waals surface area contributed by atoms with E-state index in [2.05, 4.69) is 26.8 Å². The molecule has 0 aliphatic heterocycles. The maximum Gasteiger partial charge on any atom is 0.306 e. The lowest BCUT2D eigenvalue weighted by atomic mass is 10.0. The molecule has 0 rings (SSSR count). The third-order valence-electron chi connectivity index (χ3n) is 10.7. The lowest BCUT2D eigenvalue weighted by Crippen LogP contribution is -2.30. The molecule has 0 heterocycles. The molecule has 0 N–H and O–H groups in total. The summed E-state index contributed by atoms with van der Waals surface area (Å²) >= 11 is 0. The average molecular weight is 825 g/mol. The van der Waals surface area contributed by atoms with Gasteiger partial charge in [-0.05, 0) is 32.1 Å². The molecule has 0 aromatic rings. The van der Waals surface area contributed by atoms with Crippen LogP contribution in [0, 0.1) is 0 Å². The molecule has 0 aliphatic carbocycles. The zero-order valence-corrected chi connectivity index (χ0v) is 38.8. The fourth-order valence-corrected chi connectivity index (χ4v) is 6.94. The van der Waals surface area contributed by atoms with Crippen molar-refractivity contribution < 1.29 is 28.6 Å². The highest BCUT2D eigenvalue weighted by Gasteiger charge is 2.19. The molecule has 0 radical (unpaired) electrons. The Morgan fingerprint density at radius 3 is 1.02 bits per heavy atom. The van der Waals surface area contributed by atoms with Crippen molar-refractivity contribution in [3.05, 3.63) is 60.8 Å². The Balaban J connectivity index is 4.34. The van der Waals surface area contributed by atoms with E-state index < -0.39 is 6.10 Å². The van der Waals surface area contributed by atoms with E-state index in [0.717, 1.165) is 51.4 Å². The smallest absolute Gasteiger partial charge is 0.306 e. The van der Waals surface area contributed by atoms with Gasteiger partial charge < -0.3 is 14.2 Å². The highest BCUT2D eigenvalue weighted by molar-refractivity contribution is 5.71. The van der Waals surface area contributed by atoms with Gasteiger partial charge in [0.05, 0.1) is 0 Å². The van der Waals surface area contributed by atoms with E-state index in [-0.39, 0.29) is 37.5 Å². The summed E-state index contributed by atoms with van der Waals surface area (Å²) in [6.45, 7) is 6.42. The molecule has 0 aromatic heterocycles. The average Bonchev–Trinajstić information content (AvgIpc) is 3.23. The molecule has 6 heteroatoms. The van der Waals surface area contributed by atoms with Gasteiger partial charge in [0.2, 0.25) is 0 Å². The van der Waals surface area contributed by atoms with Gasteiger partial charge in [0.15, 0.2) is 6.10 Å². The predicted molar refractivity (Wildman–Crippen MR) is 251 cm³/mol. The van der Waals surface area contributed by atoms with Crippen LogP contribution in [-0.2, 0) is 28.6 Å². The van der Waals surface area contributed by atoms with Gasteiger partial charge in [-0.1, -0.05) is 248 Å². The highest BCUT2D eigenvalue weighted by atomic mass is 16.6. The number of hydrogen-bond donors (Lipinski definition) is 0. The Kier molecular flexibility index (Phi) is 45.4. The van der Waals surface area contributed by atoms with E-state index in [1.54, 1.807) is 0 Å². The van der Waals surface area contributed by atoms with Crippen molar-refractivity contribution >= 4 is 17.9 Å². The Hall–Kier alpha value is -2.89. The number of carbonyl (C=O) groups is 3. The first kappa shape index (κ1) is 56.1. The zero-order chi connectivity index (χ0) is 43.0. The molecular formula is C53H92O6. The number of hydrogen-bond acceptors (Lipinski definition) is 6. The maximum atomic E-state index is 12.7. The van der Waals surface area contributed by atoms with E-state index in [1.807, 2.05) is 54.7 Å². The normalized spacial score (nSPS) is 12.5. The van der Waals surface area contributed by atoms with Crippen molar-refractivity contribution in [2.24, 2.45) is 0 Å². The van der Waals surface area contributed by atoms with Gasteiger partial charge in [0.25, 0.3) is 0 Å². The fourth-order valence-electron chi connectivity index (χ4n) is 6.94. The summed E-state index contributed by atoms with van der Waals surface area (Å²) in [5, 5.41) is 0. The van der Waals surface area contributed by atoms with E-state index in [4.69, 9.17) is 14.2 Å². The fraction of sp³-hybridized carbons (Fsp3) is 0.755. The Morgan fingerprint density at radius 1 is 0.356 bits per heavy atom. The molecule has 0 aliphatic rings. The van der Waals surface area contributed by atoms with Gasteiger partial charge in [-0.2, -0.15) is 0 Å². The molecule has 0 saturated carbocycles. The number of allylic oxidation sites excluding steroid dienone is 10. The minimum Gasteiger partial charge on any atom is -0.462 e. The molecule has 340 valence electrons. The molecule has 6 nitrogen and oxygen atoms in total. The third-order valence-corrected chi connectivity index (χ3v) is 10.7. The second kappa shape index (κ2) is 47.8. The largest absolute Gasteiger partial charge is 0.462 e. The van der Waals surface area contributed by atoms with Crippen LogP contribution in [0.1, 0.15) is 239 Å². The predicted octanol–water partition coefficient (Wildman–Crippen LogP) is 16.1. The third kappa shape index (κ3) is 46.0. The Labute approximate surface area is 364 Å². The minimum absolute atomic E-state index is 0.0999. The van der Waals surface area contributed by atoms with Crippen molar-refractivity contribution in [2.75, 3.05) is 13.2 Å². The molecule has 0 amide bonds. The van der Waals surface area contributed by atoms with Crippen LogP contribution in [0.25, 0.3) is 0 Å². The summed E-state index contributed by atoms with van der Waals surface area (Å²) in [6.07, 6.45) is 58.0. The number of unbranched alkanes of at least 4 members (excludes halogenated alkanes) is 27. The summed E-state index contributed by atoms with van der Waals surface area (Å²) in [4.78, 5) is 37.8. The monoisotopic (exact) mass is 825 g/mol. The van der Waals surface area contributed by atoms with Crippen molar-refractivity contribution in [1.82, 2.24) is 0 Å². The molecule has 0 fully saturated rings. The van der Waals surface area contributed by atoms with Crippen LogP contribution >= 0.6 is 0 Å². The summed E-state index contributed by atoms with van der Waals surface area (Å²) < 4.78 is 16.7. The molecule has 0 bridgehead atoms. The van der Waals surface area contributed by atoms with Crippen molar-refractivity contribution in [2.45, 2.75) is 245 Å². The van der Waals surface area contributed by atoms with Gasteiger partial charge in [0, 0.05) is 19.3 Å². The van der Waals surface area contributed by atoms with Gasteiger partial charge >= 0.3 is 17.9 Å². The molecular weight excluding hydrogens is 733 g/mol. The van der Waals surface area contributed by atoms with E-state index in [0.29, 0.717) is 19.3 Å². The molecule has 1 atom stereocenters. The van der Waals surface area contributed by atoms with Gasteiger partial charge in [-0.25, -0.2) is 0 Å². The number of rotatable bonds is 44. The Bertz CT molecular complexity index is 1090. The highest BCUT2D eigenvalue weighted by Crippen LogP contribution is 2.16. The first-order chi connectivity index (χ1) is 29.0. The van der Waals surface area contributed by atoms with Crippen molar-refractivity contribution in [3.8, 4) is 0 Å². The van der Waals surface area contributed by atoms with E-state index in [1.165, 1.54) is 141 Å². The summed E-state index contributed by atoms with van der Waals surface area (Å²) in [5.41, 5.74) is 0. The first-order valence-electron chi connectivity index (χ1n) is 24.9. The number of ether oxygens (including phenoxy) is 3. The number of carbonyl (C=O) groups excluding carboxylic acids is 3. The Morgan fingerprint density at radius 2 is 0.661 bits per heavy atom. The van der Waals surface area contributed by atoms with Crippen LogP contribution in [0.5, 0.6) is 0 Å². The van der Waals surface area contributed by atoms with Crippen LogP contribution in [0.15, 0.2) is 60.8 Å². The molecule has 0 spiro atoms. The molecule has 0 saturated heterocycles. The van der Waals surface area contributed by atoms with Crippen LogP contribution < -0.4 is 0 Å². The van der Waals surface area contributed by atoms with E-state index >= 15 is 0 Å². The summed E-state index contributed by atoms with van der Waals surface area (Å²) in [7, 11) is 0. The van der Waals surface area contributed by atoms with Crippen LogP contribution in [0.3, 0.4) is 0 Å². The zero-order valence-electron chi connectivity index (χ0n) is 38.8. The second-order valence-corrected chi connectivity index (χ2v) is 16.5. The maximum absolute atomic E-state index is 12.7. The van der Waals surface area contributed by atoms with Crippen LogP contribution in [0.4, 0.5) is 0 Å². The van der Waals surface area contributed by atoms with Gasteiger partial charge in [-0.3, -0.25) is 14.4 Å². The SMILES string of the molecule is CC\C=C/C=C\C=C/C=C\C=C/CCCC(=O)OC(COC(=O)CCCCCCCCCCC)COC(=O)CCCCCCCCCCCCCCCCCCCCC. The first-order valence-corrected chi connectivity index (χ1v) is 24.9. The summed E-state index contributed by atoms with van der Waals surface area (Å²) in [5.74, 6) is -0.973. The standard InChI is InChI=1S/C53H92O6/c1-4-7-10-13-16-19-21-23-24-25-26-27-28-30-31-34-37-40-43-46-52(55)58-49-50(48-57-51(54)45-42-39-36-33-18-15-12-9-6-3)59-53(56)47-44-41-38-35-32-29-22-20-17-14-11-8-5-2/h8,11,14,17,20,22,29,32,35,38,50H,4-7,9-10,12-13,15-16,18-19,21,23-28,30-31,33-34,36-37,39-49H2,1-3H3/b11-8-,17-14-,22-20-,32-29-,38-35-. The second-order valence-electron chi connectivity index (χ2n) is 16.5. The minimum atomic E-state index is -0.805. The summed E-state index contributed by atoms with van der Waals surface area (Å²) in [6, 6.07) is 0. The number of esters is 3. The van der Waals surface area contributed by atoms with Crippen molar-refractivity contribution in [1.29, 1.82) is 0 Å².